The third-order valence-electron chi connectivity index (χ3n) is 2.35. The summed E-state index contributed by atoms with van der Waals surface area (Å²) in [6, 6.07) is 0. The highest BCUT2D eigenvalue weighted by atomic mass is 16.7. The van der Waals surface area contributed by atoms with Crippen molar-refractivity contribution in [2.24, 2.45) is 5.73 Å². The number of hydrogen-bond acceptors (Lipinski definition) is 8. The number of amides is 2. The first-order valence-corrected chi connectivity index (χ1v) is 8.14. The lowest BCUT2D eigenvalue weighted by atomic mass is 10.2. The van der Waals surface area contributed by atoms with Crippen molar-refractivity contribution >= 4 is 12.0 Å². The predicted octanol–water partition coefficient (Wildman–Crippen LogP) is -0.433. The van der Waals surface area contributed by atoms with Crippen LogP contribution in [0.25, 0.3) is 0 Å². The molecule has 0 aliphatic heterocycles. The molecule has 10 heteroatoms. The number of hydroxylamine groups is 1. The molecule has 0 fully saturated rings. The molecule has 0 aromatic carbocycles. The monoisotopic (exact) mass is 365 g/mol. The van der Waals surface area contributed by atoms with Gasteiger partial charge in [-0.3, -0.25) is 9.63 Å². The Balaban J connectivity index is 3.17. The van der Waals surface area contributed by atoms with E-state index in [1.807, 2.05) is 0 Å². The highest BCUT2D eigenvalue weighted by Crippen LogP contribution is 2.06. The molecule has 0 saturated carbocycles. The molecule has 148 valence electrons. The maximum atomic E-state index is 11.3. The van der Waals surface area contributed by atoms with Gasteiger partial charge in [-0.1, -0.05) is 0 Å². The van der Waals surface area contributed by atoms with Crippen LogP contribution < -0.4 is 16.5 Å². The molecule has 0 bridgehead atoms. The van der Waals surface area contributed by atoms with E-state index in [0.717, 1.165) is 0 Å². The number of carbonyl (C=O) groups excluding carboxylic acids is 2. The van der Waals surface area contributed by atoms with Crippen LogP contribution in [-0.2, 0) is 28.6 Å². The van der Waals surface area contributed by atoms with Crippen LogP contribution in [0.5, 0.6) is 0 Å². The predicted molar refractivity (Wildman–Crippen MR) is 89.8 cm³/mol. The molecular weight excluding hydrogens is 334 g/mol. The molecule has 2 amide bonds. The second-order valence-electron chi connectivity index (χ2n) is 5.93. The molecule has 4 N–H and O–H groups in total. The van der Waals surface area contributed by atoms with Gasteiger partial charge in [-0.05, 0) is 20.8 Å². The second-order valence-corrected chi connectivity index (χ2v) is 5.93. The molecule has 10 nitrogen and oxygen atoms in total. The van der Waals surface area contributed by atoms with Gasteiger partial charge in [0.25, 0.3) is 0 Å². The summed E-state index contributed by atoms with van der Waals surface area (Å²) < 4.78 is 20.8. The lowest BCUT2D eigenvalue weighted by molar-refractivity contribution is -0.117. The summed E-state index contributed by atoms with van der Waals surface area (Å²) in [5, 5.41) is 2.83. The zero-order chi connectivity index (χ0) is 19.0. The fourth-order valence-electron chi connectivity index (χ4n) is 1.41. The van der Waals surface area contributed by atoms with Crippen molar-refractivity contribution in [2.75, 3.05) is 59.3 Å². The molecule has 0 aliphatic carbocycles. The quantitative estimate of drug-likeness (QED) is 0.263. The number of carbonyl (C=O) groups is 2. The van der Waals surface area contributed by atoms with Crippen LogP contribution in [0.2, 0.25) is 0 Å². The highest BCUT2D eigenvalue weighted by Gasteiger charge is 2.15. The minimum atomic E-state index is -0.638. The Morgan fingerprint density at radius 2 is 1.40 bits per heavy atom. The SMILES string of the molecule is CC(C)(C)OC(=O)NOCCOCCOCCOCCNCC(N)=O. The van der Waals surface area contributed by atoms with Crippen molar-refractivity contribution in [3.63, 3.8) is 0 Å². The van der Waals surface area contributed by atoms with Crippen molar-refractivity contribution in [1.29, 1.82) is 0 Å². The Hall–Kier alpha value is -1.46. The van der Waals surface area contributed by atoms with E-state index in [2.05, 4.69) is 10.8 Å². The number of hydrogen-bond donors (Lipinski definition) is 3. The summed E-state index contributed by atoms with van der Waals surface area (Å²) in [7, 11) is 0. The van der Waals surface area contributed by atoms with Gasteiger partial charge in [0, 0.05) is 6.54 Å². The van der Waals surface area contributed by atoms with Crippen molar-refractivity contribution < 1.29 is 33.4 Å². The molecular formula is C15H31N3O7. The Labute approximate surface area is 148 Å². The summed E-state index contributed by atoms with van der Waals surface area (Å²) >= 11 is 0. The first kappa shape index (κ1) is 23.5. The number of rotatable bonds is 15. The number of nitrogens with one attached hydrogen (secondary N) is 2. The zero-order valence-electron chi connectivity index (χ0n) is 15.3. The van der Waals surface area contributed by atoms with Crippen LogP contribution in [0.4, 0.5) is 4.79 Å². The molecule has 0 atom stereocenters. The van der Waals surface area contributed by atoms with Gasteiger partial charge < -0.3 is 30.0 Å². The first-order valence-electron chi connectivity index (χ1n) is 8.14. The van der Waals surface area contributed by atoms with E-state index in [-0.39, 0.29) is 13.2 Å². The molecule has 0 spiro atoms. The highest BCUT2D eigenvalue weighted by molar-refractivity contribution is 5.75. The van der Waals surface area contributed by atoms with Crippen molar-refractivity contribution in [1.82, 2.24) is 10.8 Å². The van der Waals surface area contributed by atoms with Gasteiger partial charge in [0.2, 0.25) is 5.91 Å². The zero-order valence-corrected chi connectivity index (χ0v) is 15.3. The van der Waals surface area contributed by atoms with Crippen LogP contribution in [-0.4, -0.2) is 76.9 Å². The number of primary amides is 1. The Bertz CT molecular complexity index is 362. The summed E-state index contributed by atoms with van der Waals surface area (Å²) in [5.41, 5.74) is 6.57. The molecule has 0 radical (unpaired) electrons. The molecule has 0 saturated heterocycles. The van der Waals surface area contributed by atoms with E-state index in [9.17, 15) is 9.59 Å². The van der Waals surface area contributed by atoms with Crippen LogP contribution in [0.15, 0.2) is 0 Å². The Morgan fingerprint density at radius 3 is 1.92 bits per heavy atom. The molecule has 0 aliphatic rings. The Morgan fingerprint density at radius 1 is 0.880 bits per heavy atom. The van der Waals surface area contributed by atoms with Gasteiger partial charge in [-0.25, -0.2) is 4.79 Å². The largest absolute Gasteiger partial charge is 0.442 e. The normalized spacial score (nSPS) is 11.3. The van der Waals surface area contributed by atoms with Crippen molar-refractivity contribution in [2.45, 2.75) is 26.4 Å². The van der Waals surface area contributed by atoms with Crippen LogP contribution in [0.1, 0.15) is 20.8 Å². The fraction of sp³-hybridized carbons (Fsp3) is 0.867. The van der Waals surface area contributed by atoms with E-state index >= 15 is 0 Å². The molecule has 0 aromatic heterocycles. The minimum absolute atomic E-state index is 0.147. The minimum Gasteiger partial charge on any atom is -0.442 e. The summed E-state index contributed by atoms with van der Waals surface area (Å²) in [4.78, 5) is 26.6. The van der Waals surface area contributed by atoms with Crippen LogP contribution >= 0.6 is 0 Å². The summed E-state index contributed by atoms with van der Waals surface area (Å²) in [5.74, 6) is -0.394. The van der Waals surface area contributed by atoms with E-state index in [0.29, 0.717) is 46.2 Å². The Kier molecular flexibility index (Phi) is 14.0. The van der Waals surface area contributed by atoms with Gasteiger partial charge in [-0.15, -0.1) is 0 Å². The average Bonchev–Trinajstić information content (AvgIpc) is 2.49. The lowest BCUT2D eigenvalue weighted by Gasteiger charge is -2.19. The molecule has 0 unspecified atom stereocenters. The van der Waals surface area contributed by atoms with Gasteiger partial charge in [0.1, 0.15) is 5.60 Å². The first-order chi connectivity index (χ1) is 11.8. The molecule has 25 heavy (non-hydrogen) atoms. The second kappa shape index (κ2) is 14.8. The van der Waals surface area contributed by atoms with E-state index < -0.39 is 17.6 Å². The van der Waals surface area contributed by atoms with Gasteiger partial charge in [0.05, 0.1) is 52.8 Å². The molecule has 0 aromatic rings. The fourth-order valence-corrected chi connectivity index (χ4v) is 1.41. The number of nitrogens with two attached hydrogens (primary N) is 1. The average molecular weight is 365 g/mol. The third kappa shape index (κ3) is 20.5. The number of ether oxygens (including phenoxy) is 4. The maximum Gasteiger partial charge on any atom is 0.431 e. The van der Waals surface area contributed by atoms with E-state index in [1.165, 1.54) is 0 Å². The lowest BCUT2D eigenvalue weighted by Crippen LogP contribution is -2.33. The standard InChI is InChI=1S/C15H31N3O7/c1-15(2,3)25-14(20)18-24-11-10-23-9-8-22-7-6-21-5-4-17-12-13(16)19/h17H,4-12H2,1-3H3,(H2,16,19)(H,18,20). The summed E-state index contributed by atoms with van der Waals surface area (Å²) in [6.07, 6.45) is -0.638. The topological polar surface area (TPSA) is 130 Å². The maximum absolute atomic E-state index is 11.3. The summed E-state index contributed by atoms with van der Waals surface area (Å²) in [6.45, 7) is 8.77. The smallest absolute Gasteiger partial charge is 0.431 e. The molecule has 0 heterocycles. The van der Waals surface area contributed by atoms with E-state index in [1.54, 1.807) is 20.8 Å². The molecule has 0 rings (SSSR count). The van der Waals surface area contributed by atoms with E-state index in [4.69, 9.17) is 29.5 Å². The van der Waals surface area contributed by atoms with Crippen LogP contribution in [0, 0.1) is 0 Å². The van der Waals surface area contributed by atoms with Gasteiger partial charge in [0.15, 0.2) is 0 Å². The van der Waals surface area contributed by atoms with Crippen molar-refractivity contribution in [3.05, 3.63) is 0 Å². The van der Waals surface area contributed by atoms with Crippen LogP contribution in [0.3, 0.4) is 0 Å². The van der Waals surface area contributed by atoms with Gasteiger partial charge in [-0.2, -0.15) is 5.48 Å². The third-order valence-corrected chi connectivity index (χ3v) is 2.35. The van der Waals surface area contributed by atoms with Crippen molar-refractivity contribution in [3.8, 4) is 0 Å². The van der Waals surface area contributed by atoms with Gasteiger partial charge >= 0.3 is 6.09 Å².